The van der Waals surface area contributed by atoms with E-state index in [9.17, 15) is 0 Å². The Morgan fingerprint density at radius 2 is 1.88 bits per heavy atom. The molecule has 0 atom stereocenters. The van der Waals surface area contributed by atoms with Gasteiger partial charge in [-0.15, -0.1) is 24.0 Å². The number of piperidine rings is 1. The molecule has 6 nitrogen and oxygen atoms in total. The molecule has 7 heteroatoms. The summed E-state index contributed by atoms with van der Waals surface area (Å²) in [7, 11) is 3.49. The van der Waals surface area contributed by atoms with Gasteiger partial charge in [0.25, 0.3) is 0 Å². The summed E-state index contributed by atoms with van der Waals surface area (Å²) in [6.07, 6.45) is 2.27. The van der Waals surface area contributed by atoms with Crippen LogP contribution in [0.4, 0.5) is 0 Å². The van der Waals surface area contributed by atoms with Gasteiger partial charge in [0.2, 0.25) is 0 Å². The molecule has 1 saturated heterocycles. The summed E-state index contributed by atoms with van der Waals surface area (Å²) in [5, 5.41) is 6.83. The molecule has 26 heavy (non-hydrogen) atoms. The van der Waals surface area contributed by atoms with Gasteiger partial charge >= 0.3 is 0 Å². The summed E-state index contributed by atoms with van der Waals surface area (Å²) in [4.78, 5) is 6.82. The van der Waals surface area contributed by atoms with Crippen LogP contribution in [0.3, 0.4) is 0 Å². The molecule has 1 aliphatic rings. The second kappa shape index (κ2) is 14.2. The molecule has 0 aliphatic carbocycles. The monoisotopic (exact) mass is 476 g/mol. The predicted molar refractivity (Wildman–Crippen MR) is 117 cm³/mol. The van der Waals surface area contributed by atoms with Crippen LogP contribution in [0, 0.1) is 0 Å². The smallest absolute Gasteiger partial charge is 0.191 e. The van der Waals surface area contributed by atoms with E-state index in [4.69, 9.17) is 9.47 Å². The molecule has 1 aliphatic heterocycles. The summed E-state index contributed by atoms with van der Waals surface area (Å²) in [6, 6.07) is 11.2. The number of hydrogen-bond acceptors (Lipinski definition) is 4. The lowest BCUT2D eigenvalue weighted by Crippen LogP contribution is -2.49. The Morgan fingerprint density at radius 1 is 1.15 bits per heavy atom. The number of guanidine groups is 1. The quantitative estimate of drug-likeness (QED) is 0.248. The van der Waals surface area contributed by atoms with E-state index in [0.29, 0.717) is 25.9 Å². The van der Waals surface area contributed by atoms with Gasteiger partial charge < -0.3 is 20.1 Å². The molecule has 2 rings (SSSR count). The first-order valence-electron chi connectivity index (χ1n) is 9.12. The third-order valence-electron chi connectivity index (χ3n) is 4.37. The van der Waals surface area contributed by atoms with Gasteiger partial charge in [-0.1, -0.05) is 30.3 Å². The zero-order valence-corrected chi connectivity index (χ0v) is 18.3. The number of hydrogen-bond donors (Lipinski definition) is 2. The number of likely N-dealkylation sites (tertiary alicyclic amines) is 1. The van der Waals surface area contributed by atoms with Gasteiger partial charge in [-0.2, -0.15) is 0 Å². The fraction of sp³-hybridized carbons (Fsp3) is 0.632. The summed E-state index contributed by atoms with van der Waals surface area (Å²) >= 11 is 0. The standard InChI is InChI=1S/C19H32N4O2.HI/c1-20-19(21-10-13-25-15-14-24-2)22-18-8-11-23(12-9-18)16-17-6-4-3-5-7-17;/h3-7,18H,8-16H2,1-2H3,(H2,20,21,22);1H. The Kier molecular flexibility index (Phi) is 12.6. The van der Waals surface area contributed by atoms with Gasteiger partial charge in [0.1, 0.15) is 0 Å². The molecule has 148 valence electrons. The first-order valence-corrected chi connectivity index (χ1v) is 9.12. The molecule has 1 heterocycles. The number of rotatable bonds is 9. The van der Waals surface area contributed by atoms with Crippen LogP contribution in [-0.2, 0) is 16.0 Å². The third-order valence-corrected chi connectivity index (χ3v) is 4.37. The maximum absolute atomic E-state index is 5.45. The average molecular weight is 476 g/mol. The van der Waals surface area contributed by atoms with Crippen molar-refractivity contribution in [1.82, 2.24) is 15.5 Å². The maximum atomic E-state index is 5.45. The lowest BCUT2D eigenvalue weighted by Gasteiger charge is -2.33. The van der Waals surface area contributed by atoms with Crippen molar-refractivity contribution in [3.8, 4) is 0 Å². The van der Waals surface area contributed by atoms with Crippen LogP contribution in [0.1, 0.15) is 18.4 Å². The maximum Gasteiger partial charge on any atom is 0.191 e. The zero-order valence-electron chi connectivity index (χ0n) is 15.9. The summed E-state index contributed by atoms with van der Waals surface area (Å²) in [6.45, 7) is 5.93. The molecular formula is C19H33IN4O2. The van der Waals surface area contributed by atoms with Gasteiger partial charge in [-0.25, -0.2) is 0 Å². The molecule has 0 radical (unpaired) electrons. The summed E-state index contributed by atoms with van der Waals surface area (Å²) in [5.74, 6) is 0.858. The predicted octanol–water partition coefficient (Wildman–Crippen LogP) is 2.10. The first-order chi connectivity index (χ1) is 12.3. The lowest BCUT2D eigenvalue weighted by molar-refractivity contribution is 0.0733. The summed E-state index contributed by atoms with van der Waals surface area (Å²) < 4.78 is 10.4. The number of benzene rings is 1. The van der Waals surface area contributed by atoms with Gasteiger partial charge in [0.15, 0.2) is 5.96 Å². The van der Waals surface area contributed by atoms with Crippen LogP contribution in [0.2, 0.25) is 0 Å². The number of aliphatic imine (C=N–C) groups is 1. The molecule has 0 spiro atoms. The minimum atomic E-state index is 0. The highest BCUT2D eigenvalue weighted by Gasteiger charge is 2.19. The van der Waals surface area contributed by atoms with E-state index in [-0.39, 0.29) is 24.0 Å². The van der Waals surface area contributed by atoms with Gasteiger partial charge in [-0.05, 0) is 18.4 Å². The van der Waals surface area contributed by atoms with Crippen molar-refractivity contribution >= 4 is 29.9 Å². The molecule has 1 aromatic rings. The van der Waals surface area contributed by atoms with E-state index in [1.54, 1.807) is 7.11 Å². The highest BCUT2D eigenvalue weighted by Crippen LogP contribution is 2.13. The molecule has 0 saturated carbocycles. The Morgan fingerprint density at radius 3 is 2.54 bits per heavy atom. The molecule has 2 N–H and O–H groups in total. The lowest BCUT2D eigenvalue weighted by atomic mass is 10.0. The van der Waals surface area contributed by atoms with Crippen molar-refractivity contribution in [3.63, 3.8) is 0 Å². The van der Waals surface area contributed by atoms with E-state index in [2.05, 4.69) is 50.9 Å². The number of nitrogens with zero attached hydrogens (tertiary/aromatic N) is 2. The Labute approximate surface area is 174 Å². The Bertz CT molecular complexity index is 494. The van der Waals surface area contributed by atoms with E-state index in [1.165, 1.54) is 5.56 Å². The van der Waals surface area contributed by atoms with Crippen molar-refractivity contribution < 1.29 is 9.47 Å². The van der Waals surface area contributed by atoms with Gasteiger partial charge in [-0.3, -0.25) is 9.89 Å². The van der Waals surface area contributed by atoms with E-state index < -0.39 is 0 Å². The topological polar surface area (TPSA) is 58.1 Å². The third kappa shape index (κ3) is 9.16. The van der Waals surface area contributed by atoms with Crippen LogP contribution >= 0.6 is 24.0 Å². The van der Waals surface area contributed by atoms with E-state index in [1.807, 2.05) is 7.05 Å². The van der Waals surface area contributed by atoms with Crippen molar-refractivity contribution in [1.29, 1.82) is 0 Å². The second-order valence-corrected chi connectivity index (χ2v) is 6.28. The molecule has 1 aromatic carbocycles. The van der Waals surface area contributed by atoms with Crippen LogP contribution < -0.4 is 10.6 Å². The molecule has 0 unspecified atom stereocenters. The van der Waals surface area contributed by atoms with Crippen LogP contribution in [-0.4, -0.2) is 70.5 Å². The van der Waals surface area contributed by atoms with Gasteiger partial charge in [0.05, 0.1) is 19.8 Å². The largest absolute Gasteiger partial charge is 0.382 e. The van der Waals surface area contributed by atoms with Crippen LogP contribution in [0.25, 0.3) is 0 Å². The van der Waals surface area contributed by atoms with E-state index >= 15 is 0 Å². The number of methoxy groups -OCH3 is 1. The molecule has 1 fully saturated rings. The van der Waals surface area contributed by atoms with Crippen LogP contribution in [0.5, 0.6) is 0 Å². The Balaban J connectivity index is 0.00000338. The second-order valence-electron chi connectivity index (χ2n) is 6.28. The normalized spacial score (nSPS) is 16.2. The minimum Gasteiger partial charge on any atom is -0.382 e. The first kappa shape index (κ1) is 23.1. The highest BCUT2D eigenvalue weighted by molar-refractivity contribution is 14.0. The molecule has 0 amide bonds. The summed E-state index contributed by atoms with van der Waals surface area (Å²) in [5.41, 5.74) is 1.39. The average Bonchev–Trinajstić information content (AvgIpc) is 2.66. The fourth-order valence-electron chi connectivity index (χ4n) is 2.95. The molecular weight excluding hydrogens is 443 g/mol. The fourth-order valence-corrected chi connectivity index (χ4v) is 2.95. The number of ether oxygens (including phenoxy) is 2. The Hall–Kier alpha value is -0.900. The SMILES string of the molecule is CN=C(NCCOCCOC)NC1CCN(Cc2ccccc2)CC1.I. The van der Waals surface area contributed by atoms with Crippen LogP contribution in [0.15, 0.2) is 35.3 Å². The van der Waals surface area contributed by atoms with Crippen molar-refractivity contribution in [2.45, 2.75) is 25.4 Å². The van der Waals surface area contributed by atoms with Crippen molar-refractivity contribution in [3.05, 3.63) is 35.9 Å². The number of halogens is 1. The zero-order chi connectivity index (χ0) is 17.7. The molecule has 0 bridgehead atoms. The minimum absolute atomic E-state index is 0. The highest BCUT2D eigenvalue weighted by atomic mass is 127. The van der Waals surface area contributed by atoms with Gasteiger partial charge in [0, 0.05) is 46.4 Å². The molecule has 0 aromatic heterocycles. The van der Waals surface area contributed by atoms with Crippen molar-refractivity contribution in [2.24, 2.45) is 4.99 Å². The van der Waals surface area contributed by atoms with Crippen molar-refractivity contribution in [2.75, 3.05) is 53.6 Å². The number of nitrogens with one attached hydrogen (secondary N) is 2. The van der Waals surface area contributed by atoms with E-state index in [0.717, 1.165) is 45.0 Å².